The summed E-state index contributed by atoms with van der Waals surface area (Å²) in [6, 6.07) is 10.8. The molecular weight excluding hydrogens is 484 g/mol. The normalized spacial score (nSPS) is 11.7. The van der Waals surface area contributed by atoms with E-state index in [2.05, 4.69) is 11.1 Å². The number of aromatic nitrogens is 3. The third-order valence-corrected chi connectivity index (χ3v) is 6.10. The molecule has 1 aromatic carbocycles. The molecule has 0 saturated carbocycles. The number of ketones is 1. The van der Waals surface area contributed by atoms with E-state index in [1.165, 1.54) is 30.1 Å². The van der Waals surface area contributed by atoms with Crippen LogP contribution in [-0.2, 0) is 11.2 Å². The molecule has 10 heteroatoms. The van der Waals surface area contributed by atoms with Crippen LogP contribution in [-0.4, -0.2) is 37.9 Å². The van der Waals surface area contributed by atoms with Gasteiger partial charge in [-0.15, -0.1) is 0 Å². The second-order valence-corrected chi connectivity index (χ2v) is 8.54. The minimum atomic E-state index is -1.14. The molecule has 36 heavy (non-hydrogen) atoms. The monoisotopic (exact) mass is 504 g/mol. The number of nitrogens with zero attached hydrogens (tertiary/aromatic N) is 4. The highest BCUT2D eigenvalue weighted by molar-refractivity contribution is 6.31. The summed E-state index contributed by atoms with van der Waals surface area (Å²) < 4.78 is 8.40. The lowest BCUT2D eigenvalue weighted by Gasteiger charge is -2.20. The first-order chi connectivity index (χ1) is 17.2. The van der Waals surface area contributed by atoms with Crippen molar-refractivity contribution in [1.82, 2.24) is 14.0 Å². The Hall–Kier alpha value is -4.42. The zero-order valence-electron chi connectivity index (χ0n) is 19.4. The first-order valence-corrected chi connectivity index (χ1v) is 11.4. The van der Waals surface area contributed by atoms with Crippen LogP contribution in [0, 0.1) is 11.3 Å². The number of hydrogen-bond acceptors (Lipinski definition) is 6. The van der Waals surface area contributed by atoms with E-state index in [1.807, 2.05) is 0 Å². The van der Waals surface area contributed by atoms with E-state index >= 15 is 0 Å². The van der Waals surface area contributed by atoms with E-state index < -0.39 is 17.6 Å². The predicted octanol–water partition coefficient (Wildman–Crippen LogP) is 4.16. The molecule has 0 aliphatic rings. The third kappa shape index (κ3) is 4.72. The Morgan fingerprint density at radius 2 is 1.94 bits per heavy atom. The van der Waals surface area contributed by atoms with Gasteiger partial charge >= 0.3 is 5.97 Å². The number of carbonyl (C=O) groups excluding carboxylic acids is 1. The van der Waals surface area contributed by atoms with Gasteiger partial charge in [-0.3, -0.25) is 9.59 Å². The highest BCUT2D eigenvalue weighted by Crippen LogP contribution is 2.33. The fourth-order valence-corrected chi connectivity index (χ4v) is 4.30. The van der Waals surface area contributed by atoms with E-state index in [0.29, 0.717) is 45.1 Å². The molecule has 1 unspecified atom stereocenters. The van der Waals surface area contributed by atoms with Crippen molar-refractivity contribution in [3.8, 4) is 22.9 Å². The van der Waals surface area contributed by atoms with Crippen molar-refractivity contribution in [2.24, 2.45) is 0 Å². The van der Waals surface area contributed by atoms with Crippen molar-refractivity contribution in [2.75, 3.05) is 7.11 Å². The summed E-state index contributed by atoms with van der Waals surface area (Å²) in [6.07, 6.45) is 4.89. The molecule has 3 heterocycles. The maximum atomic E-state index is 13.3. The number of hydrogen-bond donors (Lipinski definition) is 1. The van der Waals surface area contributed by atoms with Gasteiger partial charge in [-0.1, -0.05) is 24.6 Å². The van der Waals surface area contributed by atoms with Crippen LogP contribution in [0.15, 0.2) is 59.8 Å². The van der Waals surface area contributed by atoms with E-state index in [1.54, 1.807) is 47.9 Å². The average Bonchev–Trinajstić information content (AvgIpc) is 3.29. The Morgan fingerprint density at radius 1 is 1.17 bits per heavy atom. The van der Waals surface area contributed by atoms with Gasteiger partial charge in [-0.2, -0.15) is 5.26 Å². The summed E-state index contributed by atoms with van der Waals surface area (Å²) in [7, 11) is 1.44. The van der Waals surface area contributed by atoms with Crippen LogP contribution in [0.1, 0.15) is 41.0 Å². The van der Waals surface area contributed by atoms with Crippen LogP contribution in [0.5, 0.6) is 5.75 Å². The minimum Gasteiger partial charge on any atom is -0.495 e. The Labute approximate surface area is 210 Å². The van der Waals surface area contributed by atoms with Crippen molar-refractivity contribution in [3.05, 3.63) is 87.2 Å². The average molecular weight is 505 g/mol. The van der Waals surface area contributed by atoms with Crippen LogP contribution >= 0.6 is 11.6 Å². The molecule has 4 rings (SSSR count). The largest absolute Gasteiger partial charge is 0.495 e. The summed E-state index contributed by atoms with van der Waals surface area (Å²) in [5, 5.41) is 19.0. The van der Waals surface area contributed by atoms with Crippen LogP contribution < -0.4 is 10.3 Å². The Morgan fingerprint density at radius 3 is 2.61 bits per heavy atom. The van der Waals surface area contributed by atoms with Crippen molar-refractivity contribution in [1.29, 1.82) is 5.26 Å². The van der Waals surface area contributed by atoms with Crippen molar-refractivity contribution < 1.29 is 19.4 Å². The lowest BCUT2D eigenvalue weighted by atomic mass is 9.99. The van der Waals surface area contributed by atoms with Gasteiger partial charge in [0.25, 0.3) is 5.56 Å². The summed E-state index contributed by atoms with van der Waals surface area (Å²) in [5.74, 6) is -1.02. The van der Waals surface area contributed by atoms with E-state index in [-0.39, 0.29) is 17.9 Å². The smallest absolute Gasteiger partial charge is 0.356 e. The Balaban J connectivity index is 1.68. The van der Waals surface area contributed by atoms with Crippen LogP contribution in [0.3, 0.4) is 0 Å². The summed E-state index contributed by atoms with van der Waals surface area (Å²) >= 11 is 6.12. The highest BCUT2D eigenvalue weighted by atomic mass is 35.5. The molecule has 4 aromatic rings. The van der Waals surface area contributed by atoms with Crippen LogP contribution in [0.4, 0.5) is 0 Å². The van der Waals surface area contributed by atoms with Gasteiger partial charge in [0.15, 0.2) is 11.5 Å². The van der Waals surface area contributed by atoms with Gasteiger partial charge in [-0.05, 0) is 36.2 Å². The number of aromatic carboxylic acids is 1. The second-order valence-electron chi connectivity index (χ2n) is 8.10. The molecule has 0 saturated heterocycles. The molecule has 1 N–H and O–H groups in total. The number of imidazole rings is 1. The van der Waals surface area contributed by atoms with E-state index in [0.717, 1.165) is 0 Å². The van der Waals surface area contributed by atoms with Crippen molar-refractivity contribution in [3.63, 3.8) is 0 Å². The predicted molar refractivity (Wildman–Crippen MR) is 133 cm³/mol. The van der Waals surface area contributed by atoms with Crippen molar-refractivity contribution >= 4 is 29.0 Å². The number of halogens is 1. The molecule has 0 aliphatic carbocycles. The van der Waals surface area contributed by atoms with Gasteiger partial charge < -0.3 is 18.8 Å². The van der Waals surface area contributed by atoms with Gasteiger partial charge in [0.1, 0.15) is 11.4 Å². The maximum Gasteiger partial charge on any atom is 0.356 e. The minimum absolute atomic E-state index is 0.0262. The molecule has 0 fully saturated rings. The number of carbonyl (C=O) groups is 2. The molecule has 0 aliphatic heterocycles. The number of fused-ring (bicyclic) bond motifs is 1. The molecule has 1 atom stereocenters. The molecule has 0 radical (unpaired) electrons. The zero-order chi connectivity index (χ0) is 26.0. The molecule has 0 amide bonds. The van der Waals surface area contributed by atoms with E-state index in [9.17, 15) is 19.6 Å². The van der Waals surface area contributed by atoms with Crippen LogP contribution in [0.2, 0.25) is 5.02 Å². The number of rotatable bonds is 8. The summed E-state index contributed by atoms with van der Waals surface area (Å²) in [4.78, 5) is 41.6. The highest BCUT2D eigenvalue weighted by Gasteiger charge is 2.23. The summed E-state index contributed by atoms with van der Waals surface area (Å²) in [5.41, 5.74) is 1.77. The number of ether oxygens (including phenoxy) is 1. The Kier molecular flexibility index (Phi) is 6.90. The van der Waals surface area contributed by atoms with E-state index in [4.69, 9.17) is 21.4 Å². The maximum absolute atomic E-state index is 13.3. The molecule has 3 aromatic heterocycles. The zero-order valence-corrected chi connectivity index (χ0v) is 20.2. The lowest BCUT2D eigenvalue weighted by molar-refractivity contribution is -0.121. The van der Waals surface area contributed by atoms with Crippen molar-refractivity contribution in [2.45, 2.75) is 25.8 Å². The molecule has 0 bridgehead atoms. The number of carboxylic acids is 1. The number of benzene rings is 1. The SMILES string of the molecule is CCC(C(=O)Cc1ccc2nc(C(=O)O)cn2c1)n1cc(OC)c(-c2cc(Cl)ccc2C#N)cc1=O. The molecule has 9 nitrogen and oxygen atoms in total. The quantitative estimate of drug-likeness (QED) is 0.381. The van der Waals surface area contributed by atoms with Gasteiger partial charge in [0, 0.05) is 41.0 Å². The fourth-order valence-electron chi connectivity index (χ4n) is 4.13. The molecule has 0 spiro atoms. The van der Waals surface area contributed by atoms with Gasteiger partial charge in [-0.25, -0.2) is 9.78 Å². The second kappa shape index (κ2) is 10.1. The van der Waals surface area contributed by atoms with Crippen LogP contribution in [0.25, 0.3) is 16.8 Å². The number of pyridine rings is 2. The Bertz CT molecular complexity index is 1600. The third-order valence-electron chi connectivity index (χ3n) is 5.86. The van der Waals surface area contributed by atoms with Gasteiger partial charge in [0.05, 0.1) is 31.0 Å². The first kappa shape index (κ1) is 24.7. The number of methoxy groups -OCH3 is 1. The molecular formula is C26H21ClN4O5. The summed E-state index contributed by atoms with van der Waals surface area (Å²) in [6.45, 7) is 1.80. The van der Waals surface area contributed by atoms with Gasteiger partial charge in [0.2, 0.25) is 0 Å². The number of Topliss-reactive ketones (excluding diaryl/α,β-unsaturated/α-hetero) is 1. The fraction of sp³-hybridized carbons (Fsp3) is 0.192. The number of carboxylic acid groups (broad SMARTS) is 1. The lowest BCUT2D eigenvalue weighted by Crippen LogP contribution is -2.30. The first-order valence-electron chi connectivity index (χ1n) is 11.0. The number of nitriles is 1. The standard InChI is InChI=1S/C26H21ClN4O5/c1-3-21(22(32)8-15-4-7-24-29-20(26(34)35)13-30(24)12-15)31-14-23(36-2)19(10-25(31)33)18-9-17(27)6-5-16(18)11-28/h4-7,9-10,12-14,21H,3,8H2,1-2H3,(H,34,35). The molecule has 182 valence electrons. The topological polar surface area (TPSA) is 127 Å².